The molecule has 0 spiro atoms. The lowest BCUT2D eigenvalue weighted by molar-refractivity contribution is 0.0600. The first-order chi connectivity index (χ1) is 8.42. The summed E-state index contributed by atoms with van der Waals surface area (Å²) in [7, 11) is -2.08. The number of carbonyl (C=O) groups excluding carboxylic acids is 1. The fourth-order valence-corrected chi connectivity index (χ4v) is 1.62. The third-order valence-electron chi connectivity index (χ3n) is 2.03. The molecular formula is C11H15NO5S. The molecule has 1 aromatic rings. The van der Waals surface area contributed by atoms with E-state index >= 15 is 0 Å². The number of hydrogen-bond acceptors (Lipinski definition) is 6. The van der Waals surface area contributed by atoms with Crippen LogP contribution in [0.15, 0.2) is 24.3 Å². The quantitative estimate of drug-likeness (QED) is 0.470. The van der Waals surface area contributed by atoms with Gasteiger partial charge in [-0.25, -0.2) is 4.79 Å². The van der Waals surface area contributed by atoms with E-state index in [1.807, 2.05) is 0 Å². The largest absolute Gasteiger partial charge is 0.465 e. The molecule has 0 aliphatic heterocycles. The first-order valence-electron chi connectivity index (χ1n) is 5.19. The standard InChI is InChI=1S/C11H15NO5S/c1-16-11(13)9-3-5-10(6-4-9)12-7-8-17-18(2,14)15/h3-6,12H,7-8H2,1-2H3. The molecule has 0 saturated carbocycles. The van der Waals surface area contributed by atoms with E-state index in [2.05, 4.69) is 14.2 Å². The molecule has 0 bridgehead atoms. The van der Waals surface area contributed by atoms with E-state index in [1.54, 1.807) is 24.3 Å². The van der Waals surface area contributed by atoms with Crippen LogP contribution in [0, 0.1) is 0 Å². The average Bonchev–Trinajstić information content (AvgIpc) is 2.33. The molecule has 6 nitrogen and oxygen atoms in total. The van der Waals surface area contributed by atoms with Crippen molar-refractivity contribution in [2.75, 3.05) is 31.8 Å². The number of ether oxygens (including phenoxy) is 1. The highest BCUT2D eigenvalue weighted by atomic mass is 32.2. The molecule has 7 heteroatoms. The highest BCUT2D eigenvalue weighted by Gasteiger charge is 2.04. The van der Waals surface area contributed by atoms with Gasteiger partial charge in [-0.3, -0.25) is 4.18 Å². The van der Waals surface area contributed by atoms with Gasteiger partial charge < -0.3 is 10.1 Å². The summed E-state index contributed by atoms with van der Waals surface area (Å²) in [6.45, 7) is 0.405. The third-order valence-corrected chi connectivity index (χ3v) is 2.63. The molecule has 0 radical (unpaired) electrons. The summed E-state index contributed by atoms with van der Waals surface area (Å²) in [6.07, 6.45) is 0.998. The number of rotatable bonds is 6. The van der Waals surface area contributed by atoms with E-state index in [0.717, 1.165) is 11.9 Å². The highest BCUT2D eigenvalue weighted by molar-refractivity contribution is 7.85. The summed E-state index contributed by atoms with van der Waals surface area (Å²) in [6, 6.07) is 6.64. The Morgan fingerprint density at radius 3 is 2.39 bits per heavy atom. The van der Waals surface area contributed by atoms with Crippen molar-refractivity contribution in [2.45, 2.75) is 0 Å². The van der Waals surface area contributed by atoms with Crippen molar-refractivity contribution in [2.24, 2.45) is 0 Å². The van der Waals surface area contributed by atoms with Gasteiger partial charge in [0, 0.05) is 12.2 Å². The number of esters is 1. The molecule has 100 valence electrons. The number of carbonyl (C=O) groups is 1. The summed E-state index contributed by atoms with van der Waals surface area (Å²) < 4.78 is 30.5. The van der Waals surface area contributed by atoms with Crippen LogP contribution in [0.3, 0.4) is 0 Å². The first kappa shape index (κ1) is 14.5. The molecule has 0 aliphatic rings. The van der Waals surface area contributed by atoms with Gasteiger partial charge in [-0.2, -0.15) is 8.42 Å². The fourth-order valence-electron chi connectivity index (χ4n) is 1.23. The number of benzene rings is 1. The Labute approximate surface area is 106 Å². The molecule has 0 amide bonds. The molecule has 0 aliphatic carbocycles. The van der Waals surface area contributed by atoms with Crippen molar-refractivity contribution in [3.8, 4) is 0 Å². The topological polar surface area (TPSA) is 81.7 Å². The summed E-state index contributed by atoms with van der Waals surface area (Å²) in [5.41, 5.74) is 1.22. The normalized spacial score (nSPS) is 11.0. The van der Waals surface area contributed by atoms with E-state index in [9.17, 15) is 13.2 Å². The van der Waals surface area contributed by atoms with Crippen LogP contribution >= 0.6 is 0 Å². The predicted octanol–water partition coefficient (Wildman–Crippen LogP) is 0.861. The fraction of sp³-hybridized carbons (Fsp3) is 0.364. The molecule has 0 aromatic heterocycles. The smallest absolute Gasteiger partial charge is 0.337 e. The van der Waals surface area contributed by atoms with Gasteiger partial charge in [0.05, 0.1) is 25.5 Å². The maximum Gasteiger partial charge on any atom is 0.337 e. The van der Waals surface area contributed by atoms with Crippen LogP contribution in [0.4, 0.5) is 5.69 Å². The van der Waals surface area contributed by atoms with Crippen LogP contribution in [0.1, 0.15) is 10.4 Å². The predicted molar refractivity (Wildman–Crippen MR) is 67.1 cm³/mol. The van der Waals surface area contributed by atoms with Crippen LogP contribution in [-0.4, -0.2) is 40.9 Å². The molecule has 0 saturated heterocycles. The molecular weight excluding hydrogens is 258 g/mol. The van der Waals surface area contributed by atoms with Crippen molar-refractivity contribution in [3.05, 3.63) is 29.8 Å². The van der Waals surface area contributed by atoms with E-state index in [4.69, 9.17) is 0 Å². The Kier molecular flexibility index (Phi) is 5.11. The summed E-state index contributed by atoms with van der Waals surface area (Å²) in [5, 5.41) is 2.96. The van der Waals surface area contributed by atoms with Gasteiger partial charge in [-0.1, -0.05) is 0 Å². The van der Waals surface area contributed by atoms with Crippen LogP contribution in [0.25, 0.3) is 0 Å². The first-order valence-corrected chi connectivity index (χ1v) is 7.00. The molecule has 0 unspecified atom stereocenters. The van der Waals surface area contributed by atoms with Crippen LogP contribution in [-0.2, 0) is 19.0 Å². The second kappa shape index (κ2) is 6.36. The van der Waals surface area contributed by atoms with Gasteiger partial charge in [-0.15, -0.1) is 0 Å². The van der Waals surface area contributed by atoms with Gasteiger partial charge in [0.2, 0.25) is 0 Å². The van der Waals surface area contributed by atoms with Crippen LogP contribution in [0.5, 0.6) is 0 Å². The van der Waals surface area contributed by atoms with E-state index in [1.165, 1.54) is 7.11 Å². The van der Waals surface area contributed by atoms with Gasteiger partial charge in [0.25, 0.3) is 10.1 Å². The third kappa shape index (κ3) is 5.15. The van der Waals surface area contributed by atoms with Gasteiger partial charge in [0.15, 0.2) is 0 Å². The lowest BCUT2D eigenvalue weighted by atomic mass is 10.2. The Hall–Kier alpha value is -1.60. The molecule has 18 heavy (non-hydrogen) atoms. The minimum atomic E-state index is -3.40. The van der Waals surface area contributed by atoms with E-state index in [0.29, 0.717) is 12.1 Å². The zero-order chi connectivity index (χ0) is 13.6. The number of methoxy groups -OCH3 is 1. The SMILES string of the molecule is COC(=O)c1ccc(NCCOS(C)(=O)=O)cc1. The number of anilines is 1. The Balaban J connectivity index is 2.42. The second-order valence-electron chi connectivity index (χ2n) is 3.52. The van der Waals surface area contributed by atoms with Gasteiger partial charge in [0.1, 0.15) is 0 Å². The van der Waals surface area contributed by atoms with E-state index < -0.39 is 16.1 Å². The highest BCUT2D eigenvalue weighted by Crippen LogP contribution is 2.09. The molecule has 0 heterocycles. The van der Waals surface area contributed by atoms with E-state index in [-0.39, 0.29) is 6.61 Å². The maximum absolute atomic E-state index is 11.2. The number of nitrogens with one attached hydrogen (secondary N) is 1. The molecule has 1 aromatic carbocycles. The van der Waals surface area contributed by atoms with Crippen molar-refractivity contribution in [1.29, 1.82) is 0 Å². The average molecular weight is 273 g/mol. The second-order valence-corrected chi connectivity index (χ2v) is 5.17. The molecule has 1 rings (SSSR count). The molecule has 1 N–H and O–H groups in total. The Morgan fingerprint density at radius 2 is 1.89 bits per heavy atom. The van der Waals surface area contributed by atoms with Gasteiger partial charge in [-0.05, 0) is 24.3 Å². The van der Waals surface area contributed by atoms with Gasteiger partial charge >= 0.3 is 5.97 Å². The zero-order valence-electron chi connectivity index (χ0n) is 10.2. The van der Waals surface area contributed by atoms with Crippen molar-refractivity contribution in [1.82, 2.24) is 0 Å². The minimum absolute atomic E-state index is 0.0532. The van der Waals surface area contributed by atoms with Crippen LogP contribution < -0.4 is 5.32 Å². The van der Waals surface area contributed by atoms with Crippen molar-refractivity contribution < 1.29 is 22.1 Å². The number of hydrogen-bond donors (Lipinski definition) is 1. The minimum Gasteiger partial charge on any atom is -0.465 e. The molecule has 0 fully saturated rings. The Bertz CT molecular complexity index is 495. The Morgan fingerprint density at radius 1 is 1.28 bits per heavy atom. The molecule has 0 atom stereocenters. The lowest BCUT2D eigenvalue weighted by Gasteiger charge is -2.06. The summed E-state index contributed by atoms with van der Waals surface area (Å²) in [5.74, 6) is -0.401. The zero-order valence-corrected chi connectivity index (χ0v) is 11.0. The lowest BCUT2D eigenvalue weighted by Crippen LogP contribution is -2.13. The maximum atomic E-state index is 11.2. The monoisotopic (exact) mass is 273 g/mol. The van der Waals surface area contributed by atoms with Crippen molar-refractivity contribution in [3.63, 3.8) is 0 Å². The summed E-state index contributed by atoms with van der Waals surface area (Å²) >= 11 is 0. The van der Waals surface area contributed by atoms with Crippen LogP contribution in [0.2, 0.25) is 0 Å². The van der Waals surface area contributed by atoms with Crippen molar-refractivity contribution >= 4 is 21.8 Å². The summed E-state index contributed by atoms with van der Waals surface area (Å²) in [4.78, 5) is 11.2.